The van der Waals surface area contributed by atoms with Gasteiger partial charge >= 0.3 is 0 Å². The summed E-state index contributed by atoms with van der Waals surface area (Å²) >= 11 is 5.63. The molecule has 590 valence electrons. The van der Waals surface area contributed by atoms with Crippen LogP contribution in [-0.4, -0.2) is 0 Å². The van der Waals surface area contributed by atoms with Gasteiger partial charge in [-0.05, 0) is 294 Å². The van der Waals surface area contributed by atoms with E-state index in [0.717, 1.165) is 5.69 Å². The summed E-state index contributed by atoms with van der Waals surface area (Å²) in [5.74, 6) is 1.27. The van der Waals surface area contributed by atoms with Crippen LogP contribution in [0, 0.1) is 20.8 Å². The van der Waals surface area contributed by atoms with Gasteiger partial charge in [-0.3, -0.25) is 0 Å². The molecule has 0 unspecified atom stereocenters. The SMILES string of the molecule is Cc1ccc2ccc3c(C)cc(N(c4ccccc4)c4ccc5sc6ccccc6c5c4)c4ccc1c2c34.Cc1cccc(N(c2ccc3sc4ccccc4c3c2)c2ccc3ccc4cccc5ccc2c3c45)c1.c1ccc(N(c2ccc3sc4ccccc4c3c2)c2cc(C3CCCCC3)c3ccc4ccc(C5CCCCC5)c5ccc2c3c45)cc1. The van der Waals surface area contributed by atoms with Crippen LogP contribution < -0.4 is 14.7 Å². The second-order valence-corrected chi connectivity index (χ2v) is 37.9. The van der Waals surface area contributed by atoms with E-state index >= 15 is 0 Å². The van der Waals surface area contributed by atoms with Gasteiger partial charge in [0, 0.05) is 111 Å². The highest BCUT2D eigenvalue weighted by Crippen LogP contribution is 2.54. The maximum Gasteiger partial charge on any atom is 0.0543 e. The first-order valence-electron chi connectivity index (χ1n) is 44.1. The second-order valence-electron chi connectivity index (χ2n) is 34.7. The Morgan fingerprint density at radius 1 is 0.203 bits per heavy atom. The lowest BCUT2D eigenvalue weighted by atomic mass is 9.78. The van der Waals surface area contributed by atoms with Crippen LogP contribution in [0.1, 0.15) is 104 Å². The number of nitrogens with zero attached hydrogens (tertiary/aromatic N) is 3. The Morgan fingerprint density at radius 3 is 1.11 bits per heavy atom. The summed E-state index contributed by atoms with van der Waals surface area (Å²) in [6.45, 7) is 6.64. The van der Waals surface area contributed by atoms with Crippen molar-refractivity contribution in [3.05, 3.63) is 380 Å². The lowest BCUT2D eigenvalue weighted by Gasteiger charge is -2.31. The maximum atomic E-state index is 2.60. The van der Waals surface area contributed by atoms with E-state index in [9.17, 15) is 0 Å². The molecule has 2 saturated carbocycles. The molecule has 3 heterocycles. The van der Waals surface area contributed by atoms with Gasteiger partial charge in [-0.2, -0.15) is 0 Å². The number of benzene rings is 21. The average Bonchev–Trinajstić information content (AvgIpc) is 1.29. The van der Waals surface area contributed by atoms with Crippen molar-refractivity contribution in [3.8, 4) is 0 Å². The number of hydrogen-bond donors (Lipinski definition) is 0. The van der Waals surface area contributed by atoms with Gasteiger partial charge < -0.3 is 14.7 Å². The smallest absolute Gasteiger partial charge is 0.0543 e. The lowest BCUT2D eigenvalue weighted by Crippen LogP contribution is -2.13. The van der Waals surface area contributed by atoms with Gasteiger partial charge in [0.15, 0.2) is 0 Å². The molecule has 0 aliphatic heterocycles. The van der Waals surface area contributed by atoms with E-state index in [1.807, 2.05) is 34.0 Å². The first-order chi connectivity index (χ1) is 60.7. The van der Waals surface area contributed by atoms with Crippen molar-refractivity contribution in [2.75, 3.05) is 14.7 Å². The van der Waals surface area contributed by atoms with Gasteiger partial charge in [0.05, 0.1) is 17.1 Å². The van der Waals surface area contributed by atoms with Crippen LogP contribution in [0.2, 0.25) is 0 Å². The number of rotatable bonds is 11. The average molecular weight is 1630 g/mol. The Morgan fingerprint density at radius 2 is 0.561 bits per heavy atom. The molecule has 2 aliphatic carbocycles. The third kappa shape index (κ3) is 12.4. The third-order valence-corrected chi connectivity index (χ3v) is 30.9. The number of fused-ring (bicyclic) bond motifs is 9. The number of hydrogen-bond acceptors (Lipinski definition) is 6. The van der Waals surface area contributed by atoms with Gasteiger partial charge in [-0.25, -0.2) is 0 Å². The Labute approximate surface area is 728 Å². The molecule has 0 amide bonds. The second kappa shape index (κ2) is 30.1. The fraction of sp³-hybridized carbons (Fsp3) is 0.128. The standard InChI is InChI=1S/C46H41NS.C36H25NS.C35H23NS/c1-4-12-30(13-5-1)35-23-20-32-21-24-38-40(31-14-6-2-7-15-31)29-42(39-26-25-37(35)45(32)46(38)39)47(33-16-8-3-9-17-33)34-22-27-44-41(28-34)36-18-10-11-19-43(36)48-44;1-22-12-13-24-14-16-28-23(2)20-32(30-18-17-27(22)35(24)36(28)30)37(25-8-4-3-5-9-25)26-15-19-34-31(21-26)29-10-6-7-11-33(29)38-34;1-22-6-4-9-26(20-22)36(27-16-19-33-30(21-27)28-10-2-3-11-32(28)37-33)31-18-15-25-13-12-23-7-5-8-24-14-17-29(31)35(25)34(23)24/h3,8-11,16-31H,1-2,4-7,12-15H2;3-21H,1-2H3;2-21H,1H3. The van der Waals surface area contributed by atoms with Gasteiger partial charge in [-0.1, -0.05) is 263 Å². The van der Waals surface area contributed by atoms with Crippen LogP contribution in [0.3, 0.4) is 0 Å². The van der Waals surface area contributed by atoms with E-state index < -0.39 is 0 Å². The van der Waals surface area contributed by atoms with E-state index in [1.165, 1.54) is 284 Å². The lowest BCUT2D eigenvalue weighted by molar-refractivity contribution is 0.445. The van der Waals surface area contributed by atoms with Crippen LogP contribution in [0.15, 0.2) is 352 Å². The molecule has 0 atom stereocenters. The number of para-hydroxylation sites is 2. The molecular weight excluding hydrogens is 1540 g/mol. The molecule has 6 heteroatoms. The Kier molecular flexibility index (Phi) is 18.1. The fourth-order valence-corrected chi connectivity index (χ4v) is 25.0. The van der Waals surface area contributed by atoms with Crippen molar-refractivity contribution in [3.63, 3.8) is 0 Å². The monoisotopic (exact) mass is 1630 g/mol. The molecule has 3 nitrogen and oxygen atoms in total. The predicted molar refractivity (Wildman–Crippen MR) is 539 cm³/mol. The van der Waals surface area contributed by atoms with Crippen molar-refractivity contribution in [2.45, 2.75) is 96.8 Å². The van der Waals surface area contributed by atoms with E-state index in [-0.39, 0.29) is 0 Å². The molecule has 0 radical (unpaired) electrons. The minimum Gasteiger partial charge on any atom is -0.310 e. The Hall–Kier alpha value is -13.2. The van der Waals surface area contributed by atoms with Crippen molar-refractivity contribution < 1.29 is 0 Å². The predicted octanol–water partition coefficient (Wildman–Crippen LogP) is 36.3. The van der Waals surface area contributed by atoms with Gasteiger partial charge in [0.1, 0.15) is 0 Å². The molecule has 0 spiro atoms. The van der Waals surface area contributed by atoms with Crippen LogP contribution in [0.4, 0.5) is 51.2 Å². The summed E-state index contributed by atoms with van der Waals surface area (Å²) in [5.41, 5.74) is 17.9. The zero-order valence-corrected chi connectivity index (χ0v) is 71.7. The molecule has 2 aliphatic rings. The molecule has 0 bridgehead atoms. The summed E-state index contributed by atoms with van der Waals surface area (Å²) in [6, 6.07) is 132. The zero-order chi connectivity index (χ0) is 81.5. The summed E-state index contributed by atoms with van der Waals surface area (Å²) in [6.07, 6.45) is 13.4. The summed E-state index contributed by atoms with van der Waals surface area (Å²) in [5, 5.41) is 32.5. The molecular formula is C117H89N3S3. The normalized spacial score (nSPS) is 13.7. The highest BCUT2D eigenvalue weighted by molar-refractivity contribution is 7.26. The highest BCUT2D eigenvalue weighted by Gasteiger charge is 2.30. The van der Waals surface area contributed by atoms with Crippen molar-refractivity contribution in [2.24, 2.45) is 0 Å². The molecule has 0 N–H and O–H groups in total. The van der Waals surface area contributed by atoms with Crippen molar-refractivity contribution in [1.29, 1.82) is 0 Å². The van der Waals surface area contributed by atoms with Crippen molar-refractivity contribution in [1.82, 2.24) is 0 Å². The maximum absolute atomic E-state index is 2.60. The van der Waals surface area contributed by atoms with Crippen LogP contribution in [0.25, 0.3) is 157 Å². The molecule has 3 aromatic heterocycles. The van der Waals surface area contributed by atoms with Gasteiger partial charge in [0.25, 0.3) is 0 Å². The largest absolute Gasteiger partial charge is 0.310 e. The molecule has 2 fully saturated rings. The molecule has 0 saturated heterocycles. The van der Waals surface area contributed by atoms with Crippen molar-refractivity contribution >= 4 is 243 Å². The first kappa shape index (κ1) is 73.7. The van der Waals surface area contributed by atoms with Crippen LogP contribution in [0.5, 0.6) is 0 Å². The van der Waals surface area contributed by atoms with E-state index in [1.54, 1.807) is 11.1 Å². The quantitative estimate of drug-likeness (QED) is 0.120. The van der Waals surface area contributed by atoms with Gasteiger partial charge in [0.2, 0.25) is 0 Å². The van der Waals surface area contributed by atoms with Gasteiger partial charge in [-0.15, -0.1) is 34.0 Å². The topological polar surface area (TPSA) is 9.72 Å². The summed E-state index contributed by atoms with van der Waals surface area (Å²) in [4.78, 5) is 7.44. The first-order valence-corrected chi connectivity index (χ1v) is 46.6. The number of aryl methyl sites for hydroxylation is 3. The molecule has 24 aromatic rings. The number of thiophene rings is 3. The Balaban J connectivity index is 0.000000105. The number of anilines is 9. The molecule has 21 aromatic carbocycles. The summed E-state index contributed by atoms with van der Waals surface area (Å²) < 4.78 is 8.02. The fourth-order valence-electron chi connectivity index (χ4n) is 21.7. The third-order valence-electron chi connectivity index (χ3n) is 27.5. The molecule has 26 rings (SSSR count). The van der Waals surface area contributed by atoms with E-state index in [0.29, 0.717) is 11.8 Å². The molecule has 123 heavy (non-hydrogen) atoms. The Bertz CT molecular complexity index is 8210. The highest BCUT2D eigenvalue weighted by atomic mass is 32.1. The van der Waals surface area contributed by atoms with Crippen LogP contribution >= 0.6 is 34.0 Å². The van der Waals surface area contributed by atoms with E-state index in [4.69, 9.17) is 0 Å². The van der Waals surface area contributed by atoms with Crippen LogP contribution in [-0.2, 0) is 0 Å². The minimum absolute atomic E-state index is 0.598. The zero-order valence-electron chi connectivity index (χ0n) is 69.3. The van der Waals surface area contributed by atoms with E-state index in [2.05, 4.69) is 387 Å². The minimum atomic E-state index is 0.598. The summed E-state index contributed by atoms with van der Waals surface area (Å²) in [7, 11) is 0.